The molecule has 0 atom stereocenters. The van der Waals surface area contributed by atoms with Crippen LogP contribution >= 0.6 is 0 Å². The van der Waals surface area contributed by atoms with E-state index in [-0.39, 0.29) is 18.7 Å². The first-order valence-corrected chi connectivity index (χ1v) is 6.59. The molecule has 3 nitrogen and oxygen atoms in total. The Morgan fingerprint density at radius 3 is 2.23 bits per heavy atom. The average Bonchev–Trinajstić information content (AvgIpc) is 2.42. The van der Waals surface area contributed by atoms with Gasteiger partial charge in [-0.25, -0.2) is 8.78 Å². The Morgan fingerprint density at radius 1 is 1.18 bits per heavy atom. The number of amides is 1. The second kappa shape index (κ2) is 5.49. The van der Waals surface area contributed by atoms with Gasteiger partial charge in [0.15, 0.2) is 5.60 Å². The third-order valence-corrected chi connectivity index (χ3v) is 3.88. The molecule has 1 saturated heterocycles. The lowest BCUT2D eigenvalue weighted by atomic mass is 9.90. The topological polar surface area (TPSA) is 40.5 Å². The zero-order chi connectivity index (χ0) is 16.7. The van der Waals surface area contributed by atoms with Crippen LogP contribution in [0.3, 0.4) is 0 Å². The van der Waals surface area contributed by atoms with Crippen molar-refractivity contribution in [3.8, 4) is 0 Å². The summed E-state index contributed by atoms with van der Waals surface area (Å²) in [6.07, 6.45) is -6.18. The van der Waals surface area contributed by atoms with Gasteiger partial charge in [-0.05, 0) is 24.6 Å². The highest BCUT2D eigenvalue weighted by atomic mass is 19.4. The molecule has 1 N–H and O–H groups in total. The molecule has 1 aliphatic rings. The smallest absolute Gasteiger partial charge is 0.380 e. The van der Waals surface area contributed by atoms with Crippen LogP contribution in [-0.4, -0.2) is 40.8 Å². The van der Waals surface area contributed by atoms with Crippen molar-refractivity contribution in [2.24, 2.45) is 0 Å². The number of aliphatic hydroxyl groups is 1. The number of aryl methyl sites for hydroxylation is 1. The summed E-state index contributed by atoms with van der Waals surface area (Å²) in [6, 6.07) is 1.59. The predicted molar refractivity (Wildman–Crippen MR) is 67.2 cm³/mol. The number of alkyl halides is 3. The molecule has 2 rings (SSSR count). The van der Waals surface area contributed by atoms with Gasteiger partial charge in [0.2, 0.25) is 0 Å². The Hall–Kier alpha value is -1.70. The highest BCUT2D eigenvalue weighted by Gasteiger charge is 2.55. The minimum absolute atomic E-state index is 0.0270. The van der Waals surface area contributed by atoms with Crippen LogP contribution in [0.2, 0.25) is 0 Å². The first-order chi connectivity index (χ1) is 10.0. The van der Waals surface area contributed by atoms with E-state index in [1.165, 1.54) is 6.92 Å². The van der Waals surface area contributed by atoms with Gasteiger partial charge in [-0.1, -0.05) is 0 Å². The van der Waals surface area contributed by atoms with E-state index in [4.69, 9.17) is 0 Å². The molecule has 1 heterocycles. The standard InChI is InChI=1S/C14H14F5NO2/c1-8-6-11(16)9(7-10(8)15)12(21)20-4-2-13(22,3-5-20)14(17,18)19/h6-7,22H,2-5H2,1H3. The Labute approximate surface area is 123 Å². The van der Waals surface area contributed by atoms with Crippen molar-refractivity contribution in [3.05, 3.63) is 34.9 Å². The molecule has 0 unspecified atom stereocenters. The van der Waals surface area contributed by atoms with Crippen molar-refractivity contribution in [2.75, 3.05) is 13.1 Å². The second-order valence-corrected chi connectivity index (χ2v) is 5.40. The van der Waals surface area contributed by atoms with Gasteiger partial charge >= 0.3 is 6.18 Å². The van der Waals surface area contributed by atoms with Crippen molar-refractivity contribution in [1.29, 1.82) is 0 Å². The number of likely N-dealkylation sites (tertiary alicyclic amines) is 1. The Kier molecular flexibility index (Phi) is 4.16. The summed E-state index contributed by atoms with van der Waals surface area (Å²) in [4.78, 5) is 13.1. The molecular weight excluding hydrogens is 309 g/mol. The number of nitrogens with zero attached hydrogens (tertiary/aromatic N) is 1. The van der Waals surface area contributed by atoms with Gasteiger partial charge in [0.25, 0.3) is 5.91 Å². The summed E-state index contributed by atoms with van der Waals surface area (Å²) >= 11 is 0. The van der Waals surface area contributed by atoms with Crippen LogP contribution in [0.15, 0.2) is 12.1 Å². The molecule has 0 bridgehead atoms. The molecule has 0 radical (unpaired) electrons. The van der Waals surface area contributed by atoms with Gasteiger partial charge in [0.05, 0.1) is 5.56 Å². The van der Waals surface area contributed by atoms with Gasteiger partial charge in [0.1, 0.15) is 11.6 Å². The maximum atomic E-state index is 13.7. The van der Waals surface area contributed by atoms with Crippen LogP contribution in [0.4, 0.5) is 22.0 Å². The molecule has 0 aliphatic carbocycles. The molecule has 122 valence electrons. The van der Waals surface area contributed by atoms with E-state index in [1.54, 1.807) is 0 Å². The summed E-state index contributed by atoms with van der Waals surface area (Å²) in [7, 11) is 0. The molecule has 0 saturated carbocycles. The van der Waals surface area contributed by atoms with E-state index >= 15 is 0 Å². The fourth-order valence-corrected chi connectivity index (χ4v) is 2.34. The molecule has 8 heteroatoms. The highest BCUT2D eigenvalue weighted by Crippen LogP contribution is 2.38. The lowest BCUT2D eigenvalue weighted by molar-refractivity contribution is -0.271. The molecule has 1 aromatic rings. The zero-order valence-corrected chi connectivity index (χ0v) is 11.7. The van der Waals surface area contributed by atoms with Gasteiger partial charge < -0.3 is 10.0 Å². The summed E-state index contributed by atoms with van der Waals surface area (Å²) in [5.41, 5.74) is -3.35. The van der Waals surface area contributed by atoms with E-state index in [2.05, 4.69) is 0 Å². The van der Waals surface area contributed by atoms with E-state index < -0.39 is 47.7 Å². The number of rotatable bonds is 1. The third-order valence-electron chi connectivity index (χ3n) is 3.88. The molecule has 0 aromatic heterocycles. The van der Waals surface area contributed by atoms with E-state index in [0.29, 0.717) is 0 Å². The predicted octanol–water partition coefficient (Wildman–Crippen LogP) is 2.80. The SMILES string of the molecule is Cc1cc(F)c(C(=O)N2CCC(O)(C(F)(F)F)CC2)cc1F. The molecule has 22 heavy (non-hydrogen) atoms. The molecule has 1 aliphatic heterocycles. The Bertz CT molecular complexity index is 592. The third kappa shape index (κ3) is 2.92. The first-order valence-electron chi connectivity index (χ1n) is 6.59. The van der Waals surface area contributed by atoms with E-state index in [0.717, 1.165) is 17.0 Å². The maximum absolute atomic E-state index is 13.7. The minimum atomic E-state index is -4.79. The van der Waals surface area contributed by atoms with Crippen molar-refractivity contribution < 1.29 is 31.9 Å². The molecular formula is C14H14F5NO2. The van der Waals surface area contributed by atoms with Crippen molar-refractivity contribution in [2.45, 2.75) is 31.5 Å². The lowest BCUT2D eigenvalue weighted by Crippen LogP contribution is -2.54. The maximum Gasteiger partial charge on any atom is 0.417 e. The van der Waals surface area contributed by atoms with Crippen molar-refractivity contribution in [1.82, 2.24) is 4.90 Å². The van der Waals surface area contributed by atoms with E-state index in [9.17, 15) is 31.9 Å². The zero-order valence-electron chi connectivity index (χ0n) is 11.7. The van der Waals surface area contributed by atoms with Crippen LogP contribution in [-0.2, 0) is 0 Å². The summed E-state index contributed by atoms with van der Waals surface area (Å²) in [5, 5.41) is 9.52. The molecule has 1 amide bonds. The van der Waals surface area contributed by atoms with Crippen molar-refractivity contribution >= 4 is 5.91 Å². The Balaban J connectivity index is 2.15. The number of hydrogen-bond acceptors (Lipinski definition) is 2. The van der Waals surface area contributed by atoms with E-state index in [1.807, 2.05) is 0 Å². The van der Waals surface area contributed by atoms with Gasteiger partial charge in [-0.15, -0.1) is 0 Å². The van der Waals surface area contributed by atoms with Crippen LogP contribution in [0.1, 0.15) is 28.8 Å². The Morgan fingerprint density at radius 2 is 1.73 bits per heavy atom. The van der Waals surface area contributed by atoms with Gasteiger partial charge in [-0.2, -0.15) is 13.2 Å². The average molecular weight is 323 g/mol. The van der Waals surface area contributed by atoms with Crippen LogP contribution in [0.25, 0.3) is 0 Å². The number of piperidine rings is 1. The number of benzene rings is 1. The highest BCUT2D eigenvalue weighted by molar-refractivity contribution is 5.94. The second-order valence-electron chi connectivity index (χ2n) is 5.40. The summed E-state index contributed by atoms with van der Waals surface area (Å²) < 4.78 is 65.2. The largest absolute Gasteiger partial charge is 0.417 e. The summed E-state index contributed by atoms with van der Waals surface area (Å²) in [6.45, 7) is 0.560. The minimum Gasteiger partial charge on any atom is -0.380 e. The lowest BCUT2D eigenvalue weighted by Gasteiger charge is -2.39. The van der Waals surface area contributed by atoms with Gasteiger partial charge in [-0.3, -0.25) is 4.79 Å². The van der Waals surface area contributed by atoms with Crippen LogP contribution < -0.4 is 0 Å². The fraction of sp³-hybridized carbons (Fsp3) is 0.500. The van der Waals surface area contributed by atoms with Crippen LogP contribution in [0, 0.1) is 18.6 Å². The number of carbonyl (C=O) groups is 1. The fourth-order valence-electron chi connectivity index (χ4n) is 2.34. The first kappa shape index (κ1) is 16.7. The molecule has 1 aromatic carbocycles. The molecule has 1 fully saturated rings. The normalized spacial score (nSPS) is 18.4. The quantitative estimate of drug-likeness (QED) is 0.808. The van der Waals surface area contributed by atoms with Crippen molar-refractivity contribution in [3.63, 3.8) is 0 Å². The molecule has 0 spiro atoms. The summed E-state index contributed by atoms with van der Waals surface area (Å²) in [5.74, 6) is -2.59. The number of carbonyl (C=O) groups excluding carboxylic acids is 1. The number of halogens is 5. The number of hydrogen-bond donors (Lipinski definition) is 1. The van der Waals surface area contributed by atoms with Gasteiger partial charge in [0, 0.05) is 25.9 Å². The van der Waals surface area contributed by atoms with Crippen LogP contribution in [0.5, 0.6) is 0 Å². The monoisotopic (exact) mass is 323 g/mol.